The highest BCUT2D eigenvalue weighted by molar-refractivity contribution is 14.1. The van der Waals surface area contributed by atoms with Gasteiger partial charge in [-0.1, -0.05) is 0 Å². The number of benzene rings is 1. The molecule has 1 fully saturated rings. The first kappa shape index (κ1) is 24.1. The minimum absolute atomic E-state index is 0.0956. The molecule has 0 N–H and O–H groups in total. The molecule has 1 aromatic carbocycles. The van der Waals surface area contributed by atoms with Gasteiger partial charge in [0.25, 0.3) is 0 Å². The van der Waals surface area contributed by atoms with E-state index in [4.69, 9.17) is 4.74 Å². The van der Waals surface area contributed by atoms with Crippen LogP contribution in [-0.4, -0.2) is 53.5 Å². The molecule has 1 amide bonds. The Balaban J connectivity index is 2.14. The molecule has 3 rings (SSSR count). The number of anilines is 1. The molecule has 1 aromatic heterocycles. The van der Waals surface area contributed by atoms with Gasteiger partial charge >= 0.3 is 12.3 Å². The fourth-order valence-electron chi connectivity index (χ4n) is 3.82. The van der Waals surface area contributed by atoms with E-state index >= 15 is 0 Å². The van der Waals surface area contributed by atoms with Crippen LogP contribution in [-0.2, 0) is 11.3 Å². The van der Waals surface area contributed by atoms with Gasteiger partial charge in [-0.25, -0.2) is 9.18 Å². The standard InChI is InChI=1S/C21H26F4IN3O2/c1-20(2,3)31-19(30)29(14-5-7-27(4)8-6-14)17-10-13(22)9-16-15(17)11-18(26)28(16)12-21(23,24)25/h9-11,14H,5-8,12H2,1-4H3. The van der Waals surface area contributed by atoms with Crippen molar-refractivity contribution >= 4 is 45.3 Å². The SMILES string of the molecule is CN1CCC(N(C(=O)OC(C)(C)C)c2cc(F)cc3c2cc(I)n3CC(F)(F)F)CC1. The van der Waals surface area contributed by atoms with E-state index in [1.807, 2.05) is 7.05 Å². The van der Waals surface area contributed by atoms with Crippen LogP contribution in [0.1, 0.15) is 33.6 Å². The van der Waals surface area contributed by atoms with Crippen molar-refractivity contribution in [3.63, 3.8) is 0 Å². The maximum absolute atomic E-state index is 14.6. The first-order valence-corrected chi connectivity index (χ1v) is 11.1. The molecule has 0 saturated carbocycles. The van der Waals surface area contributed by atoms with Crippen LogP contribution in [0.4, 0.5) is 28.0 Å². The molecule has 1 aliphatic heterocycles. The lowest BCUT2D eigenvalue weighted by molar-refractivity contribution is -0.140. The fourth-order valence-corrected chi connectivity index (χ4v) is 4.56. The van der Waals surface area contributed by atoms with Crippen LogP contribution in [0.5, 0.6) is 0 Å². The zero-order chi connectivity index (χ0) is 23.1. The molecule has 10 heteroatoms. The van der Waals surface area contributed by atoms with E-state index in [0.717, 1.165) is 23.7 Å². The van der Waals surface area contributed by atoms with Crippen LogP contribution in [0, 0.1) is 9.52 Å². The third-order valence-electron chi connectivity index (χ3n) is 5.15. The molecule has 0 spiro atoms. The third-order valence-corrected chi connectivity index (χ3v) is 6.05. The predicted octanol–water partition coefficient (Wildman–Crippen LogP) is 5.78. The van der Waals surface area contributed by atoms with Crippen molar-refractivity contribution in [2.75, 3.05) is 25.0 Å². The number of carbonyl (C=O) groups excluding carboxylic acids is 1. The lowest BCUT2D eigenvalue weighted by atomic mass is 10.0. The summed E-state index contributed by atoms with van der Waals surface area (Å²) in [6, 6.07) is 3.59. The zero-order valence-corrected chi connectivity index (χ0v) is 20.1. The Kier molecular flexibility index (Phi) is 6.81. The highest BCUT2D eigenvalue weighted by Gasteiger charge is 2.35. The number of piperidine rings is 1. The Hall–Kier alpha value is -1.56. The molecule has 172 valence electrons. The van der Waals surface area contributed by atoms with Gasteiger partial charge in [0.2, 0.25) is 0 Å². The van der Waals surface area contributed by atoms with Gasteiger partial charge < -0.3 is 14.2 Å². The van der Waals surface area contributed by atoms with Crippen LogP contribution in [0.15, 0.2) is 18.2 Å². The molecule has 0 unspecified atom stereocenters. The second-order valence-corrected chi connectivity index (χ2v) is 10.0. The lowest BCUT2D eigenvalue weighted by Crippen LogP contribution is -2.48. The van der Waals surface area contributed by atoms with Crippen molar-refractivity contribution in [3.8, 4) is 0 Å². The predicted molar refractivity (Wildman–Crippen MR) is 120 cm³/mol. The summed E-state index contributed by atoms with van der Waals surface area (Å²) in [5.74, 6) is -0.707. The van der Waals surface area contributed by atoms with Crippen molar-refractivity contribution < 1.29 is 27.1 Å². The van der Waals surface area contributed by atoms with Crippen molar-refractivity contribution in [1.82, 2.24) is 9.47 Å². The van der Waals surface area contributed by atoms with Crippen LogP contribution in [0.2, 0.25) is 0 Å². The third kappa shape index (κ3) is 5.82. The maximum Gasteiger partial charge on any atom is 0.415 e. The normalized spacial score (nSPS) is 16.7. The summed E-state index contributed by atoms with van der Waals surface area (Å²) in [7, 11) is 1.98. The van der Waals surface area contributed by atoms with Gasteiger partial charge in [-0.2, -0.15) is 13.2 Å². The number of likely N-dealkylation sites (tertiary alicyclic amines) is 1. The fraction of sp³-hybridized carbons (Fsp3) is 0.571. The Morgan fingerprint density at radius 3 is 2.35 bits per heavy atom. The van der Waals surface area contributed by atoms with Crippen molar-refractivity contribution in [1.29, 1.82) is 0 Å². The first-order valence-electron chi connectivity index (χ1n) is 10.0. The van der Waals surface area contributed by atoms with Gasteiger partial charge in [0.15, 0.2) is 0 Å². The van der Waals surface area contributed by atoms with Gasteiger partial charge in [-0.3, -0.25) is 4.90 Å². The lowest BCUT2D eigenvalue weighted by Gasteiger charge is -2.38. The Morgan fingerprint density at radius 1 is 1.19 bits per heavy atom. The molecule has 1 aliphatic rings. The summed E-state index contributed by atoms with van der Waals surface area (Å²) in [6.07, 6.45) is -3.80. The minimum Gasteiger partial charge on any atom is -0.443 e. The summed E-state index contributed by atoms with van der Waals surface area (Å²) in [5, 5.41) is 0.389. The number of carbonyl (C=O) groups is 1. The summed E-state index contributed by atoms with van der Waals surface area (Å²) in [4.78, 5) is 16.8. The maximum atomic E-state index is 14.6. The van der Waals surface area contributed by atoms with Gasteiger partial charge in [-0.05, 0) is 94.5 Å². The van der Waals surface area contributed by atoms with Gasteiger partial charge in [0.05, 0.1) is 14.9 Å². The molecule has 0 radical (unpaired) electrons. The number of ether oxygens (including phenoxy) is 1. The van der Waals surface area contributed by atoms with Crippen molar-refractivity contribution in [2.24, 2.45) is 0 Å². The largest absolute Gasteiger partial charge is 0.443 e. The second-order valence-electron chi connectivity index (χ2n) is 8.91. The highest BCUT2D eigenvalue weighted by atomic mass is 127. The second kappa shape index (κ2) is 8.76. The van der Waals surface area contributed by atoms with E-state index in [1.165, 1.54) is 11.0 Å². The van der Waals surface area contributed by atoms with E-state index in [9.17, 15) is 22.4 Å². The summed E-state index contributed by atoms with van der Waals surface area (Å²) in [5.41, 5.74) is -0.444. The molecule has 0 bridgehead atoms. The molecular formula is C21H26F4IN3O2. The van der Waals surface area contributed by atoms with Crippen LogP contribution in [0.3, 0.4) is 0 Å². The summed E-state index contributed by atoms with van der Waals surface area (Å²) < 4.78 is 60.9. The molecule has 1 saturated heterocycles. The molecule has 0 atom stereocenters. The molecular weight excluding hydrogens is 529 g/mol. The van der Waals surface area contributed by atoms with Gasteiger partial charge in [0, 0.05) is 11.4 Å². The first-order chi connectivity index (χ1) is 14.2. The molecule has 0 aliphatic carbocycles. The number of amides is 1. The van der Waals surface area contributed by atoms with E-state index in [2.05, 4.69) is 4.90 Å². The number of fused-ring (bicyclic) bond motifs is 1. The highest BCUT2D eigenvalue weighted by Crippen LogP contribution is 2.36. The van der Waals surface area contributed by atoms with E-state index in [0.29, 0.717) is 21.9 Å². The summed E-state index contributed by atoms with van der Waals surface area (Å²) in [6.45, 7) is 5.47. The topological polar surface area (TPSA) is 37.7 Å². The summed E-state index contributed by atoms with van der Waals surface area (Å²) >= 11 is 1.80. The number of hydrogen-bond donors (Lipinski definition) is 0. The van der Waals surface area contributed by atoms with E-state index < -0.39 is 30.2 Å². The smallest absolute Gasteiger partial charge is 0.415 e. The zero-order valence-electron chi connectivity index (χ0n) is 17.9. The van der Waals surface area contributed by atoms with Crippen LogP contribution < -0.4 is 4.90 Å². The monoisotopic (exact) mass is 555 g/mol. The number of alkyl halides is 3. The van der Waals surface area contributed by atoms with Crippen LogP contribution in [0.25, 0.3) is 10.9 Å². The number of halogens is 5. The van der Waals surface area contributed by atoms with E-state index in [-0.39, 0.29) is 17.2 Å². The number of nitrogens with zero attached hydrogens (tertiary/aromatic N) is 3. The Morgan fingerprint density at radius 2 is 1.81 bits per heavy atom. The van der Waals surface area contributed by atoms with Crippen LogP contribution >= 0.6 is 22.6 Å². The Labute approximate surface area is 192 Å². The number of hydrogen-bond acceptors (Lipinski definition) is 3. The van der Waals surface area contributed by atoms with Crippen molar-refractivity contribution in [3.05, 3.63) is 27.7 Å². The molecule has 5 nitrogen and oxygen atoms in total. The number of aromatic nitrogens is 1. The average Bonchev–Trinajstić information content (AvgIpc) is 2.90. The molecule has 31 heavy (non-hydrogen) atoms. The quantitative estimate of drug-likeness (QED) is 0.356. The van der Waals surface area contributed by atoms with Gasteiger partial charge in [-0.15, -0.1) is 0 Å². The van der Waals surface area contributed by atoms with Crippen molar-refractivity contribution in [2.45, 2.75) is 58.0 Å². The average molecular weight is 555 g/mol. The Bertz CT molecular complexity index is 960. The number of rotatable bonds is 3. The molecule has 2 aromatic rings. The minimum atomic E-state index is -4.46. The molecule has 2 heterocycles. The van der Waals surface area contributed by atoms with Gasteiger partial charge in [0.1, 0.15) is 18.0 Å². The van der Waals surface area contributed by atoms with E-state index in [1.54, 1.807) is 49.4 Å².